The van der Waals surface area contributed by atoms with Gasteiger partial charge in [0, 0.05) is 5.41 Å². The molecule has 0 aliphatic heterocycles. The fourth-order valence-electron chi connectivity index (χ4n) is 1.88. The van der Waals surface area contributed by atoms with Gasteiger partial charge >= 0.3 is 5.97 Å². The molecule has 2 aromatic rings. The molecule has 0 saturated carbocycles. The van der Waals surface area contributed by atoms with E-state index in [-0.39, 0.29) is 11.3 Å². The molecule has 114 valence electrons. The first-order chi connectivity index (χ1) is 10.4. The van der Waals surface area contributed by atoms with E-state index < -0.39 is 15.8 Å². The monoisotopic (exact) mass is 316 g/mol. The van der Waals surface area contributed by atoms with Crippen LogP contribution in [0.4, 0.5) is 0 Å². The molecule has 2 aromatic carbocycles. The minimum Gasteiger partial charge on any atom is -0.478 e. The Labute approximate surface area is 129 Å². The largest absolute Gasteiger partial charge is 0.478 e. The molecular weight excluding hydrogens is 300 g/mol. The number of aryl methyl sites for hydroxylation is 1. The third-order valence-corrected chi connectivity index (χ3v) is 4.40. The van der Waals surface area contributed by atoms with Gasteiger partial charge in [-0.2, -0.15) is 0 Å². The number of benzene rings is 2. The minimum atomic E-state index is -3.37. The van der Waals surface area contributed by atoms with Crippen molar-refractivity contribution in [1.29, 1.82) is 0 Å². The number of rotatable bonds is 5. The zero-order chi connectivity index (χ0) is 16.2. The van der Waals surface area contributed by atoms with Crippen molar-refractivity contribution < 1.29 is 18.3 Å². The lowest BCUT2D eigenvalue weighted by Gasteiger charge is -2.01. The molecule has 1 N–H and O–H groups in total. The summed E-state index contributed by atoms with van der Waals surface area (Å²) in [4.78, 5) is 10.7. The van der Waals surface area contributed by atoms with Crippen LogP contribution in [0.1, 0.15) is 27.0 Å². The second-order valence-corrected chi connectivity index (χ2v) is 6.91. The van der Waals surface area contributed by atoms with E-state index in [1.54, 1.807) is 24.3 Å². The number of hydrogen-bond acceptors (Lipinski definition) is 3. The molecule has 0 atom stereocenters. The van der Waals surface area contributed by atoms with Crippen molar-refractivity contribution in [3.63, 3.8) is 0 Å². The molecule has 0 aliphatic carbocycles. The van der Waals surface area contributed by atoms with Crippen LogP contribution in [-0.2, 0) is 15.6 Å². The summed E-state index contributed by atoms with van der Waals surface area (Å²) in [6.07, 6.45) is 1.47. The number of carboxylic acids is 1. The molecule has 0 aromatic heterocycles. The summed E-state index contributed by atoms with van der Waals surface area (Å²) in [7, 11) is -3.37. The van der Waals surface area contributed by atoms with Crippen LogP contribution in [0.3, 0.4) is 0 Å². The number of carbonyl (C=O) groups is 1. The van der Waals surface area contributed by atoms with E-state index in [1.807, 2.05) is 19.1 Å². The zero-order valence-electron chi connectivity index (χ0n) is 12.1. The number of sulfone groups is 1. The first-order valence-electron chi connectivity index (χ1n) is 6.65. The lowest BCUT2D eigenvalue weighted by atomic mass is 10.1. The van der Waals surface area contributed by atoms with Gasteiger partial charge in [-0.1, -0.05) is 42.0 Å². The Hall–Kier alpha value is -2.40. The normalized spacial score (nSPS) is 11.7. The predicted octanol–water partition coefficient (Wildman–Crippen LogP) is 3.28. The fraction of sp³-hybridized carbons (Fsp3) is 0.118. The van der Waals surface area contributed by atoms with Crippen molar-refractivity contribution in [2.45, 2.75) is 12.7 Å². The molecule has 2 rings (SSSR count). The SMILES string of the molecule is Cc1ccc(CS(=O)(=O)/C=C/c2ccc(C(=O)O)cc2)cc1. The molecule has 0 heterocycles. The molecule has 4 nitrogen and oxygen atoms in total. The van der Waals surface area contributed by atoms with Crippen molar-refractivity contribution >= 4 is 21.9 Å². The Morgan fingerprint density at radius 3 is 2.18 bits per heavy atom. The van der Waals surface area contributed by atoms with Crippen molar-refractivity contribution in [2.24, 2.45) is 0 Å². The Morgan fingerprint density at radius 1 is 1.05 bits per heavy atom. The first kappa shape index (κ1) is 16.0. The third-order valence-electron chi connectivity index (χ3n) is 3.11. The van der Waals surface area contributed by atoms with Gasteiger partial charge in [0.15, 0.2) is 9.84 Å². The van der Waals surface area contributed by atoms with Gasteiger partial charge in [-0.05, 0) is 36.3 Å². The average molecular weight is 316 g/mol. The van der Waals surface area contributed by atoms with Crippen LogP contribution < -0.4 is 0 Å². The Balaban J connectivity index is 2.10. The van der Waals surface area contributed by atoms with Crippen LogP contribution >= 0.6 is 0 Å². The highest BCUT2D eigenvalue weighted by Crippen LogP contribution is 2.12. The van der Waals surface area contributed by atoms with E-state index in [0.29, 0.717) is 5.56 Å². The fourth-order valence-corrected chi connectivity index (χ4v) is 3.00. The molecule has 0 spiro atoms. The molecule has 22 heavy (non-hydrogen) atoms. The smallest absolute Gasteiger partial charge is 0.335 e. The molecule has 5 heteroatoms. The predicted molar refractivity (Wildman–Crippen MR) is 86.2 cm³/mol. The summed E-state index contributed by atoms with van der Waals surface area (Å²) in [6.45, 7) is 1.94. The van der Waals surface area contributed by atoms with E-state index in [1.165, 1.54) is 18.2 Å². The second kappa shape index (κ2) is 6.58. The van der Waals surface area contributed by atoms with Gasteiger partial charge in [0.05, 0.1) is 11.3 Å². The van der Waals surface area contributed by atoms with Gasteiger partial charge in [-0.15, -0.1) is 0 Å². The van der Waals surface area contributed by atoms with Crippen LogP contribution in [0.2, 0.25) is 0 Å². The van der Waals surface area contributed by atoms with Crippen molar-refractivity contribution in [3.05, 3.63) is 76.2 Å². The lowest BCUT2D eigenvalue weighted by Crippen LogP contribution is -2.00. The van der Waals surface area contributed by atoms with Gasteiger partial charge in [0.1, 0.15) is 0 Å². The van der Waals surface area contributed by atoms with Gasteiger partial charge in [-0.3, -0.25) is 0 Å². The van der Waals surface area contributed by atoms with Crippen molar-refractivity contribution in [1.82, 2.24) is 0 Å². The van der Waals surface area contributed by atoms with Gasteiger partial charge in [-0.25, -0.2) is 13.2 Å². The summed E-state index contributed by atoms with van der Waals surface area (Å²) >= 11 is 0. The highest BCUT2D eigenvalue weighted by Gasteiger charge is 2.08. The lowest BCUT2D eigenvalue weighted by molar-refractivity contribution is 0.0697. The zero-order valence-corrected chi connectivity index (χ0v) is 12.9. The van der Waals surface area contributed by atoms with Gasteiger partial charge in [0.2, 0.25) is 0 Å². The van der Waals surface area contributed by atoms with E-state index >= 15 is 0 Å². The van der Waals surface area contributed by atoms with E-state index in [9.17, 15) is 13.2 Å². The van der Waals surface area contributed by atoms with Crippen LogP contribution in [0.15, 0.2) is 53.9 Å². The van der Waals surface area contributed by atoms with Crippen LogP contribution in [0.25, 0.3) is 6.08 Å². The summed E-state index contributed by atoms with van der Waals surface area (Å²) < 4.78 is 24.1. The van der Waals surface area contributed by atoms with E-state index in [4.69, 9.17) is 5.11 Å². The second-order valence-electron chi connectivity index (χ2n) is 5.02. The Bertz CT molecular complexity index is 786. The van der Waals surface area contributed by atoms with E-state index in [0.717, 1.165) is 16.5 Å². The summed E-state index contributed by atoms with van der Waals surface area (Å²) in [5, 5.41) is 9.96. The molecule has 0 amide bonds. The van der Waals surface area contributed by atoms with Gasteiger partial charge in [0.25, 0.3) is 0 Å². The molecule has 0 saturated heterocycles. The Kier molecular flexibility index (Phi) is 4.78. The molecular formula is C17H16O4S. The van der Waals surface area contributed by atoms with Crippen molar-refractivity contribution in [3.8, 4) is 0 Å². The maximum Gasteiger partial charge on any atom is 0.335 e. The molecule has 0 unspecified atom stereocenters. The third kappa shape index (κ3) is 4.56. The summed E-state index contributed by atoms with van der Waals surface area (Å²) in [6, 6.07) is 13.4. The average Bonchev–Trinajstić information content (AvgIpc) is 2.48. The highest BCUT2D eigenvalue weighted by atomic mass is 32.2. The molecule has 0 fully saturated rings. The van der Waals surface area contributed by atoms with Gasteiger partial charge < -0.3 is 5.11 Å². The van der Waals surface area contributed by atoms with Crippen LogP contribution in [-0.4, -0.2) is 19.5 Å². The van der Waals surface area contributed by atoms with Crippen LogP contribution in [0.5, 0.6) is 0 Å². The Morgan fingerprint density at radius 2 is 1.64 bits per heavy atom. The molecule has 0 aliphatic rings. The first-order valence-corrected chi connectivity index (χ1v) is 8.37. The number of aromatic carboxylic acids is 1. The molecule has 0 radical (unpaired) electrons. The maximum atomic E-state index is 12.1. The standard InChI is InChI=1S/C17H16O4S/c1-13-2-4-15(5-3-13)12-22(20,21)11-10-14-6-8-16(9-7-14)17(18)19/h2-11H,12H2,1H3,(H,18,19)/b11-10+. The number of hydrogen-bond donors (Lipinski definition) is 1. The summed E-state index contributed by atoms with van der Waals surface area (Å²) in [5.41, 5.74) is 2.61. The maximum absolute atomic E-state index is 12.1. The summed E-state index contributed by atoms with van der Waals surface area (Å²) in [5.74, 6) is -1.07. The van der Waals surface area contributed by atoms with E-state index in [2.05, 4.69) is 0 Å². The quantitative estimate of drug-likeness (QED) is 0.919. The van der Waals surface area contributed by atoms with Crippen molar-refractivity contribution in [2.75, 3.05) is 0 Å². The highest BCUT2D eigenvalue weighted by molar-refractivity contribution is 7.93. The minimum absolute atomic E-state index is 0.0585. The van der Waals surface area contributed by atoms with Crippen LogP contribution in [0, 0.1) is 6.92 Å². The topological polar surface area (TPSA) is 71.4 Å². The number of carboxylic acid groups (broad SMARTS) is 1. The molecule has 0 bridgehead atoms.